The summed E-state index contributed by atoms with van der Waals surface area (Å²) in [6.07, 6.45) is -5.02. The number of aromatic nitrogens is 5. The number of nitrogens with zero attached hydrogens (tertiary/aromatic N) is 7. The number of anilines is 1. The first kappa shape index (κ1) is 80.1. The summed E-state index contributed by atoms with van der Waals surface area (Å²) < 4.78 is 37.4. The molecular formula is C92H73N9O15S3. The van der Waals surface area contributed by atoms with Crippen molar-refractivity contribution in [2.75, 3.05) is 16.8 Å². The summed E-state index contributed by atoms with van der Waals surface area (Å²) >= 11 is 3.59. The molecular weight excluding hydrogens is 1570 g/mol. The predicted octanol–water partition coefficient (Wildman–Crippen LogP) is 15.6. The van der Waals surface area contributed by atoms with Gasteiger partial charge in [0.15, 0.2) is 40.7 Å². The van der Waals surface area contributed by atoms with Gasteiger partial charge in [-0.1, -0.05) is 278 Å². The number of fused-ring (bicyclic) bond motifs is 2. The number of ether oxygens (including phenoxy) is 6. The summed E-state index contributed by atoms with van der Waals surface area (Å²) in [4.78, 5) is 138. The summed E-state index contributed by atoms with van der Waals surface area (Å²) in [5.74, 6) is -8.90. The molecule has 0 radical (unpaired) electrons. The summed E-state index contributed by atoms with van der Waals surface area (Å²) in [6.45, 7) is 4.97. The maximum atomic E-state index is 16.1. The van der Waals surface area contributed by atoms with E-state index in [2.05, 4.69) is 30.9 Å². The molecule has 3 aromatic heterocycles. The van der Waals surface area contributed by atoms with Gasteiger partial charge in [0.05, 0.1) is 0 Å². The fourth-order valence-electron chi connectivity index (χ4n) is 13.9. The number of hydrogen-bond acceptors (Lipinski definition) is 24. The van der Waals surface area contributed by atoms with Crippen molar-refractivity contribution >= 4 is 99.1 Å². The Morgan fingerprint density at radius 2 is 0.958 bits per heavy atom. The zero-order valence-electron chi connectivity index (χ0n) is 64.1. The van der Waals surface area contributed by atoms with Crippen LogP contribution in [-0.4, -0.2) is 106 Å². The van der Waals surface area contributed by atoms with Crippen molar-refractivity contribution in [3.8, 4) is 17.2 Å². The third-order valence-corrected chi connectivity index (χ3v) is 22.4. The van der Waals surface area contributed by atoms with Crippen LogP contribution in [-0.2, 0) is 58.1 Å². The molecule has 2 amide bonds. The number of hydrogen-bond donors (Lipinski definition) is 2. The lowest BCUT2D eigenvalue weighted by molar-refractivity contribution is -0.162. The van der Waals surface area contributed by atoms with Gasteiger partial charge < -0.3 is 43.9 Å². The van der Waals surface area contributed by atoms with Crippen LogP contribution in [0.25, 0.3) is 5.78 Å². The zero-order chi connectivity index (χ0) is 82.5. The van der Waals surface area contributed by atoms with Crippen molar-refractivity contribution in [1.82, 2.24) is 34.8 Å². The second-order valence-electron chi connectivity index (χ2n) is 27.4. The number of oxime groups is 1. The van der Waals surface area contributed by atoms with Gasteiger partial charge in [0.1, 0.15) is 33.4 Å². The van der Waals surface area contributed by atoms with Gasteiger partial charge in [-0.25, -0.2) is 24.4 Å². The topological polar surface area (TPSA) is 297 Å². The number of benzene rings is 10. The Morgan fingerprint density at radius 1 is 0.529 bits per heavy atom. The van der Waals surface area contributed by atoms with Crippen molar-refractivity contribution in [2.24, 2.45) is 5.16 Å². The monoisotopic (exact) mass is 1640 g/mol. The lowest BCUT2D eigenvalue weighted by atomic mass is 9.77. The standard InChI is InChI=1S/C92H73N9O15S3/c1-56-50-74(101-90(93-56)96-83(98-101)89(109)115-80(64-40-22-9-23-41-64)65-42-24-10-25-43-65)117-53-67-54-118-86-76(85(106)100(86)77(67)87(107)113-78(60-32-14-5-15-33-60)61-34-16-6-17-35-61)95-84(105)75(71-55-119-91(94-71)97-92(68-44-26-11-27-45-68,69-46-28-12-29-47-69)70-48-30-13-31-49-70)99-116-81(88(108)114-79(62-36-18-7-19-37-62)63-38-20-8-21-39-63)66-51-72(110-57(2)102)82(112-59(4)104)73(52-66)111-58(3)103/h5-52,55,76,78-81,86H,53-54H2,1-4H3,(H,94,97)(H,95,105)/b99-75-/t76-,81?,86-/m1/s1. The van der Waals surface area contributed by atoms with Crippen molar-refractivity contribution < 1.29 is 71.6 Å². The van der Waals surface area contributed by atoms with Crippen LogP contribution in [0.3, 0.4) is 0 Å². The minimum Gasteiger partial charge on any atom is -0.449 e. The molecule has 2 N–H and O–H groups in total. The lowest BCUT2D eigenvalue weighted by Crippen LogP contribution is -2.71. The highest BCUT2D eigenvalue weighted by atomic mass is 32.2. The highest BCUT2D eigenvalue weighted by molar-refractivity contribution is 8.01. The molecule has 27 heteroatoms. The SMILES string of the molecule is CC(=O)Oc1cc(C(O/N=C(\C(=O)N[C@@H]2C(=O)N3C(C(=O)OC(c4ccccc4)c4ccccc4)=C(CSc4cc(C)nc5nc(C(=O)OC(c6ccccc6)c6ccccc6)nn45)CS[C@H]23)c2csc(NC(c3ccccc3)(c3ccccc3)c3ccccc3)n2)C(=O)OC(c2ccccc2)c2ccccc2)cc(OC(C)=O)c1OC(C)=O. The molecule has 13 aromatic rings. The van der Waals surface area contributed by atoms with Crippen LogP contribution in [0.5, 0.6) is 17.2 Å². The molecule has 24 nitrogen and oxygen atoms in total. The van der Waals surface area contributed by atoms with Crippen molar-refractivity contribution in [3.05, 3.63) is 381 Å². The van der Waals surface area contributed by atoms with Gasteiger partial charge in [0, 0.05) is 48.9 Å². The van der Waals surface area contributed by atoms with Gasteiger partial charge in [-0.2, -0.15) is 9.50 Å². The third-order valence-electron chi connectivity index (χ3n) is 19.2. The van der Waals surface area contributed by atoms with Crippen LogP contribution >= 0.6 is 34.9 Å². The second-order valence-corrected chi connectivity index (χ2v) is 30.4. The zero-order valence-corrected chi connectivity index (χ0v) is 66.6. The number of β-lactam (4-membered cyclic amide) rings is 1. The van der Waals surface area contributed by atoms with E-state index in [1.807, 2.05) is 212 Å². The van der Waals surface area contributed by atoms with Crippen LogP contribution in [0.4, 0.5) is 5.13 Å². The molecule has 0 bridgehead atoms. The number of thioether (sulfide) groups is 2. The molecule has 0 aliphatic carbocycles. The van der Waals surface area contributed by atoms with E-state index >= 15 is 19.2 Å². The summed E-state index contributed by atoms with van der Waals surface area (Å²) in [5.41, 5.74) is 4.94. The summed E-state index contributed by atoms with van der Waals surface area (Å²) in [5, 5.41) is 17.1. The van der Waals surface area contributed by atoms with E-state index in [9.17, 15) is 19.2 Å². The normalized spacial score (nSPS) is 14.2. The largest absolute Gasteiger partial charge is 0.449 e. The van der Waals surface area contributed by atoms with Gasteiger partial charge in [0.2, 0.25) is 11.9 Å². The number of rotatable bonds is 29. The van der Waals surface area contributed by atoms with Crippen molar-refractivity contribution in [1.29, 1.82) is 0 Å². The van der Waals surface area contributed by atoms with E-state index in [1.165, 1.54) is 38.3 Å². The molecule has 594 valence electrons. The number of thiazole rings is 1. The van der Waals surface area contributed by atoms with Crippen LogP contribution in [0.15, 0.2) is 318 Å². The van der Waals surface area contributed by atoms with E-state index in [0.29, 0.717) is 38.5 Å². The molecule has 2 aliphatic rings. The number of carbonyl (C=O) groups excluding carboxylic acids is 8. The van der Waals surface area contributed by atoms with E-state index in [4.69, 9.17) is 38.2 Å². The van der Waals surface area contributed by atoms with Gasteiger partial charge in [-0.05, 0) is 80.8 Å². The molecule has 1 fully saturated rings. The average molecular weight is 1640 g/mol. The lowest BCUT2D eigenvalue weighted by Gasteiger charge is -2.49. The van der Waals surface area contributed by atoms with Crippen LogP contribution in [0.1, 0.15) is 123 Å². The molecule has 5 heterocycles. The molecule has 1 unspecified atom stereocenters. The van der Waals surface area contributed by atoms with Crippen LogP contribution < -0.4 is 24.8 Å². The van der Waals surface area contributed by atoms with E-state index in [-0.39, 0.29) is 45.2 Å². The molecule has 0 saturated carbocycles. The molecule has 1 saturated heterocycles. The molecule has 119 heavy (non-hydrogen) atoms. The van der Waals surface area contributed by atoms with Gasteiger partial charge in [-0.15, -0.1) is 40.0 Å². The molecule has 2 aliphatic heterocycles. The number of esters is 6. The Bertz CT molecular complexity index is 5710. The maximum Gasteiger partial charge on any atom is 0.379 e. The van der Waals surface area contributed by atoms with E-state index < -0.39 is 112 Å². The molecule has 3 atom stereocenters. The number of amides is 2. The Kier molecular flexibility index (Phi) is 24.5. The maximum absolute atomic E-state index is 16.1. The second kappa shape index (κ2) is 36.3. The fraction of sp³-hybridized carbons (Fsp3) is 0.141. The highest BCUT2D eigenvalue weighted by Crippen LogP contribution is 2.47. The Hall–Kier alpha value is -14.2. The van der Waals surface area contributed by atoms with Gasteiger partial charge >= 0.3 is 35.8 Å². The number of carbonyl (C=O) groups is 8. The number of nitrogens with one attached hydrogen (secondary N) is 2. The summed E-state index contributed by atoms with van der Waals surface area (Å²) in [6, 6.07) is 86.1. The third kappa shape index (κ3) is 18.0. The Morgan fingerprint density at radius 3 is 1.40 bits per heavy atom. The average Bonchev–Trinajstić information content (AvgIpc) is 1.50. The first-order valence-corrected chi connectivity index (χ1v) is 40.5. The molecule has 10 aromatic carbocycles. The Balaban J connectivity index is 0.819. The highest BCUT2D eigenvalue weighted by Gasteiger charge is 2.55. The predicted molar refractivity (Wildman–Crippen MR) is 446 cm³/mol. The smallest absolute Gasteiger partial charge is 0.379 e. The van der Waals surface area contributed by atoms with Crippen molar-refractivity contribution in [3.63, 3.8) is 0 Å². The fourth-order valence-corrected chi connectivity index (χ4v) is 17.2. The first-order chi connectivity index (χ1) is 57.9. The van der Waals surface area contributed by atoms with Crippen molar-refractivity contribution in [2.45, 2.75) is 74.1 Å². The number of aryl methyl sites for hydroxylation is 1. The quantitative estimate of drug-likeness (QED) is 0.00506. The summed E-state index contributed by atoms with van der Waals surface area (Å²) in [7, 11) is 0. The Labute approximate surface area is 695 Å². The molecule has 15 rings (SSSR count). The van der Waals surface area contributed by atoms with Crippen LogP contribution in [0.2, 0.25) is 0 Å². The minimum absolute atomic E-state index is 0.0429. The van der Waals surface area contributed by atoms with Gasteiger partial charge in [0.25, 0.3) is 23.4 Å². The molecule has 0 spiro atoms. The van der Waals surface area contributed by atoms with Crippen LogP contribution in [0, 0.1) is 6.92 Å². The van der Waals surface area contributed by atoms with Gasteiger partial charge in [-0.3, -0.25) is 28.9 Å². The van der Waals surface area contributed by atoms with E-state index in [0.717, 1.165) is 72.1 Å². The van der Waals surface area contributed by atoms with E-state index in [1.54, 1.807) is 73.7 Å². The minimum atomic E-state index is -2.10. The first-order valence-electron chi connectivity index (χ1n) is 37.6.